The summed E-state index contributed by atoms with van der Waals surface area (Å²) in [7, 11) is 0. The van der Waals surface area contributed by atoms with Gasteiger partial charge in [0, 0.05) is 17.3 Å². The van der Waals surface area contributed by atoms with Crippen molar-refractivity contribution in [2.45, 2.75) is 12.8 Å². The summed E-state index contributed by atoms with van der Waals surface area (Å²) >= 11 is 0. The Kier molecular flexibility index (Phi) is 7.26. The van der Waals surface area contributed by atoms with Gasteiger partial charge in [0.2, 0.25) is 0 Å². The molecule has 0 unspecified atom stereocenters. The highest BCUT2D eigenvalue weighted by Crippen LogP contribution is 2.19. The lowest BCUT2D eigenvalue weighted by Gasteiger charge is -2.11. The number of hydrogen-bond donors (Lipinski definition) is 0. The third-order valence-electron chi connectivity index (χ3n) is 4.06. The van der Waals surface area contributed by atoms with Crippen LogP contribution < -0.4 is 0 Å². The van der Waals surface area contributed by atoms with Gasteiger partial charge in [-0.25, -0.2) is 9.97 Å². The van der Waals surface area contributed by atoms with Gasteiger partial charge in [0.05, 0.1) is 31.1 Å². The van der Waals surface area contributed by atoms with E-state index in [0.29, 0.717) is 17.1 Å². The van der Waals surface area contributed by atoms with Crippen molar-refractivity contribution in [3.8, 4) is 11.4 Å². The molecule has 0 saturated carbocycles. The van der Waals surface area contributed by atoms with E-state index in [-0.39, 0.29) is 31.2 Å². The second kappa shape index (κ2) is 10.1. The molecule has 0 fully saturated rings. The van der Waals surface area contributed by atoms with Gasteiger partial charge in [-0.3, -0.25) is 4.79 Å². The third-order valence-corrected chi connectivity index (χ3v) is 4.06. The zero-order valence-electron chi connectivity index (χ0n) is 15.9. The molecule has 0 atom stereocenters. The molecule has 3 rings (SSSR count). The van der Waals surface area contributed by atoms with Crippen LogP contribution >= 0.6 is 0 Å². The van der Waals surface area contributed by atoms with Crippen LogP contribution in [0.2, 0.25) is 0 Å². The summed E-state index contributed by atoms with van der Waals surface area (Å²) in [5.74, 6) is 0.161. The van der Waals surface area contributed by atoms with E-state index in [1.807, 2.05) is 30.3 Å². The van der Waals surface area contributed by atoms with E-state index < -0.39 is 12.8 Å². The van der Waals surface area contributed by atoms with Crippen LogP contribution in [0, 0.1) is 0 Å². The lowest BCUT2D eigenvalue weighted by atomic mass is 10.0. The first kappa shape index (κ1) is 21.6. The van der Waals surface area contributed by atoms with Crippen LogP contribution in [0.4, 0.5) is 13.2 Å². The molecule has 8 heteroatoms. The minimum atomic E-state index is -4.38. The topological polar surface area (TPSA) is 61.3 Å². The number of halogens is 3. The first-order valence-corrected chi connectivity index (χ1v) is 9.17. The molecule has 0 radical (unpaired) electrons. The zero-order valence-corrected chi connectivity index (χ0v) is 15.9. The van der Waals surface area contributed by atoms with Gasteiger partial charge in [-0.2, -0.15) is 13.2 Å². The Morgan fingerprint density at radius 2 is 1.53 bits per heavy atom. The molecule has 5 nitrogen and oxygen atoms in total. The fraction of sp³-hybridized carbons (Fsp3) is 0.227. The van der Waals surface area contributed by atoms with E-state index in [0.717, 1.165) is 5.56 Å². The quantitative estimate of drug-likeness (QED) is 0.381. The van der Waals surface area contributed by atoms with Gasteiger partial charge in [-0.05, 0) is 0 Å². The predicted molar refractivity (Wildman–Crippen MR) is 104 cm³/mol. The number of rotatable bonds is 9. The van der Waals surface area contributed by atoms with Crippen molar-refractivity contribution in [3.63, 3.8) is 0 Å². The number of hydrogen-bond acceptors (Lipinski definition) is 5. The minimum Gasteiger partial charge on any atom is -0.373 e. The van der Waals surface area contributed by atoms with Crippen LogP contribution in [0.5, 0.6) is 0 Å². The number of alkyl halides is 3. The van der Waals surface area contributed by atoms with Crippen molar-refractivity contribution < 1.29 is 27.4 Å². The second-order valence-corrected chi connectivity index (χ2v) is 6.34. The van der Waals surface area contributed by atoms with Crippen molar-refractivity contribution in [3.05, 3.63) is 83.7 Å². The summed E-state index contributed by atoms with van der Waals surface area (Å²) < 4.78 is 46.3. The summed E-state index contributed by atoms with van der Waals surface area (Å²) in [6, 6.07) is 17.9. The van der Waals surface area contributed by atoms with Gasteiger partial charge < -0.3 is 9.47 Å². The molecule has 3 aromatic rings. The van der Waals surface area contributed by atoms with Crippen LogP contribution in [-0.2, 0) is 16.1 Å². The minimum absolute atomic E-state index is 0.0639. The molecule has 1 heterocycles. The average Bonchev–Trinajstić information content (AvgIpc) is 2.76. The zero-order chi connectivity index (χ0) is 21.4. The van der Waals surface area contributed by atoms with Crippen molar-refractivity contribution >= 4 is 5.78 Å². The highest BCUT2D eigenvalue weighted by atomic mass is 19.4. The Hall–Kier alpha value is -3.10. The fourth-order valence-electron chi connectivity index (χ4n) is 2.66. The number of carbonyl (C=O) groups is 1. The first-order valence-electron chi connectivity index (χ1n) is 9.17. The number of aromatic nitrogens is 2. The Morgan fingerprint density at radius 1 is 0.900 bits per heavy atom. The predicted octanol–water partition coefficient (Wildman–Crippen LogP) is 4.47. The Bertz CT molecular complexity index is 964. The Labute approximate surface area is 171 Å². The molecule has 0 bridgehead atoms. The molecule has 0 N–H and O–H groups in total. The second-order valence-electron chi connectivity index (χ2n) is 6.34. The molecule has 0 aliphatic rings. The van der Waals surface area contributed by atoms with Gasteiger partial charge in [0.1, 0.15) is 6.61 Å². The normalized spacial score (nSPS) is 11.4. The highest BCUT2D eigenvalue weighted by molar-refractivity contribution is 6.09. The summed E-state index contributed by atoms with van der Waals surface area (Å²) in [6.45, 7) is -1.69. The van der Waals surface area contributed by atoms with Crippen molar-refractivity contribution in [2.24, 2.45) is 0 Å². The maximum atomic E-state index is 12.9. The van der Waals surface area contributed by atoms with Crippen molar-refractivity contribution in [2.75, 3.05) is 19.8 Å². The standard InChI is InChI=1S/C22H19F3N2O3/c23-22(24,25)15-30-12-11-29-14-19-18(20(28)16-7-3-1-4-8-16)13-26-21(27-19)17-9-5-2-6-10-17/h1-10,13H,11-12,14-15H2. The maximum Gasteiger partial charge on any atom is 0.411 e. The number of ketones is 1. The molecule has 0 spiro atoms. The Morgan fingerprint density at radius 3 is 2.20 bits per heavy atom. The monoisotopic (exact) mass is 416 g/mol. The number of nitrogens with zero attached hydrogens (tertiary/aromatic N) is 2. The average molecular weight is 416 g/mol. The van der Waals surface area contributed by atoms with E-state index in [1.54, 1.807) is 30.3 Å². The maximum absolute atomic E-state index is 12.9. The lowest BCUT2D eigenvalue weighted by molar-refractivity contribution is -0.176. The molecule has 0 amide bonds. The fourth-order valence-corrected chi connectivity index (χ4v) is 2.66. The summed E-state index contributed by atoms with van der Waals surface area (Å²) in [6.07, 6.45) is -2.93. The van der Waals surface area contributed by atoms with Crippen molar-refractivity contribution in [1.82, 2.24) is 9.97 Å². The summed E-state index contributed by atoms with van der Waals surface area (Å²) in [5, 5.41) is 0. The van der Waals surface area contributed by atoms with Crippen LogP contribution in [0.1, 0.15) is 21.6 Å². The van der Waals surface area contributed by atoms with Gasteiger partial charge in [0.15, 0.2) is 11.6 Å². The molecule has 2 aromatic carbocycles. The molecule has 30 heavy (non-hydrogen) atoms. The molecule has 0 aliphatic heterocycles. The Balaban J connectivity index is 1.76. The molecule has 156 valence electrons. The van der Waals surface area contributed by atoms with E-state index in [9.17, 15) is 18.0 Å². The number of ether oxygens (including phenoxy) is 2. The molecular formula is C22H19F3N2O3. The summed E-state index contributed by atoms with van der Waals surface area (Å²) in [5.41, 5.74) is 1.87. The molecule has 1 aromatic heterocycles. The van der Waals surface area contributed by atoms with Crippen molar-refractivity contribution in [1.29, 1.82) is 0 Å². The van der Waals surface area contributed by atoms with Crippen LogP contribution in [0.3, 0.4) is 0 Å². The van der Waals surface area contributed by atoms with Gasteiger partial charge in [-0.1, -0.05) is 60.7 Å². The summed E-state index contributed by atoms with van der Waals surface area (Å²) in [4.78, 5) is 21.6. The van der Waals surface area contributed by atoms with Gasteiger partial charge >= 0.3 is 6.18 Å². The van der Waals surface area contributed by atoms with Gasteiger partial charge in [0.25, 0.3) is 0 Å². The van der Waals surface area contributed by atoms with Crippen LogP contribution in [0.25, 0.3) is 11.4 Å². The largest absolute Gasteiger partial charge is 0.411 e. The van der Waals surface area contributed by atoms with E-state index in [1.165, 1.54) is 6.20 Å². The first-order chi connectivity index (χ1) is 14.4. The van der Waals surface area contributed by atoms with Crippen LogP contribution in [-0.4, -0.2) is 41.7 Å². The van der Waals surface area contributed by atoms with Gasteiger partial charge in [-0.15, -0.1) is 0 Å². The molecular weight excluding hydrogens is 397 g/mol. The molecule has 0 saturated heterocycles. The third kappa shape index (κ3) is 6.20. The number of benzene rings is 2. The smallest absolute Gasteiger partial charge is 0.373 e. The molecule has 0 aliphatic carbocycles. The van der Waals surface area contributed by atoms with E-state index in [4.69, 9.17) is 4.74 Å². The lowest BCUT2D eigenvalue weighted by Crippen LogP contribution is -2.19. The van der Waals surface area contributed by atoms with E-state index in [2.05, 4.69) is 14.7 Å². The van der Waals surface area contributed by atoms with E-state index >= 15 is 0 Å². The number of carbonyl (C=O) groups excluding carboxylic acids is 1. The van der Waals surface area contributed by atoms with Crippen LogP contribution in [0.15, 0.2) is 66.9 Å². The highest BCUT2D eigenvalue weighted by Gasteiger charge is 2.27. The SMILES string of the molecule is O=C(c1ccccc1)c1cnc(-c2ccccc2)nc1COCCOCC(F)(F)F.